The van der Waals surface area contributed by atoms with Crippen LogP contribution in [0.3, 0.4) is 0 Å². The van der Waals surface area contributed by atoms with Gasteiger partial charge in [-0.3, -0.25) is 4.79 Å². The first-order valence-electron chi connectivity index (χ1n) is 4.42. The van der Waals surface area contributed by atoms with E-state index in [0.29, 0.717) is 6.54 Å². The Hall–Kier alpha value is -0.830. The predicted octanol–water partition coefficient (Wildman–Crippen LogP) is 0.560. The second-order valence-electron chi connectivity index (χ2n) is 3.30. The van der Waals surface area contributed by atoms with Gasteiger partial charge in [0.25, 0.3) is 0 Å². The van der Waals surface area contributed by atoms with E-state index in [4.69, 9.17) is 5.73 Å². The Morgan fingerprint density at radius 2 is 2.42 bits per heavy atom. The molecular formula is C9H16N2O. The standard InChI is InChI=1S/C9H16N2O/c1-7(6-10)11-9(12)5-8-3-2-4-8/h5,7H,2-4,6,10H2,1H3,(H,11,12)/t7-/m0/s1. The van der Waals surface area contributed by atoms with Crippen LogP contribution in [0.15, 0.2) is 11.6 Å². The number of carbonyl (C=O) groups is 1. The van der Waals surface area contributed by atoms with E-state index in [1.807, 2.05) is 6.92 Å². The molecule has 0 radical (unpaired) electrons. The van der Waals surface area contributed by atoms with Gasteiger partial charge >= 0.3 is 0 Å². The molecule has 0 aromatic carbocycles. The van der Waals surface area contributed by atoms with Crippen molar-refractivity contribution in [3.05, 3.63) is 11.6 Å². The third-order valence-corrected chi connectivity index (χ3v) is 2.07. The van der Waals surface area contributed by atoms with Crippen LogP contribution < -0.4 is 11.1 Å². The molecule has 1 aliphatic carbocycles. The quantitative estimate of drug-likeness (QED) is 0.605. The third-order valence-electron chi connectivity index (χ3n) is 2.07. The molecule has 0 bridgehead atoms. The summed E-state index contributed by atoms with van der Waals surface area (Å²) in [6.07, 6.45) is 5.11. The first kappa shape index (κ1) is 9.26. The van der Waals surface area contributed by atoms with E-state index in [2.05, 4.69) is 5.32 Å². The van der Waals surface area contributed by atoms with Crippen molar-refractivity contribution in [2.75, 3.05) is 6.54 Å². The summed E-state index contributed by atoms with van der Waals surface area (Å²) in [5.74, 6) is 0.00245. The number of carbonyl (C=O) groups excluding carboxylic acids is 1. The summed E-state index contributed by atoms with van der Waals surface area (Å²) in [6, 6.07) is 0.0782. The van der Waals surface area contributed by atoms with Crippen LogP contribution in [0.4, 0.5) is 0 Å². The van der Waals surface area contributed by atoms with Gasteiger partial charge in [-0.25, -0.2) is 0 Å². The lowest BCUT2D eigenvalue weighted by atomic mass is 9.92. The molecule has 0 saturated heterocycles. The topological polar surface area (TPSA) is 55.1 Å². The lowest BCUT2D eigenvalue weighted by Gasteiger charge is -2.16. The Morgan fingerprint density at radius 3 is 2.83 bits per heavy atom. The summed E-state index contributed by atoms with van der Waals surface area (Å²) in [5, 5.41) is 2.79. The molecule has 3 N–H and O–H groups in total. The Bertz CT molecular complexity index is 193. The van der Waals surface area contributed by atoms with Crippen molar-refractivity contribution in [2.45, 2.75) is 32.2 Å². The van der Waals surface area contributed by atoms with Crippen molar-refractivity contribution in [3.8, 4) is 0 Å². The van der Waals surface area contributed by atoms with Gasteiger partial charge < -0.3 is 11.1 Å². The van der Waals surface area contributed by atoms with Gasteiger partial charge in [0.1, 0.15) is 0 Å². The van der Waals surface area contributed by atoms with Gasteiger partial charge in [-0.05, 0) is 26.2 Å². The number of hydrogen-bond donors (Lipinski definition) is 2. The highest BCUT2D eigenvalue weighted by molar-refractivity contribution is 5.88. The molecule has 1 saturated carbocycles. The number of allylic oxidation sites excluding steroid dienone is 1. The van der Waals surface area contributed by atoms with Crippen LogP contribution in [-0.4, -0.2) is 18.5 Å². The summed E-state index contributed by atoms with van der Waals surface area (Å²) >= 11 is 0. The molecule has 0 heterocycles. The molecule has 0 aliphatic heterocycles. The fourth-order valence-corrected chi connectivity index (χ4v) is 1.05. The molecule has 3 heteroatoms. The van der Waals surface area contributed by atoms with E-state index in [1.54, 1.807) is 6.08 Å². The highest BCUT2D eigenvalue weighted by Gasteiger charge is 2.10. The minimum atomic E-state index is 0.00245. The van der Waals surface area contributed by atoms with Gasteiger partial charge in [-0.15, -0.1) is 0 Å². The summed E-state index contributed by atoms with van der Waals surface area (Å²) in [7, 11) is 0. The lowest BCUT2D eigenvalue weighted by molar-refractivity contribution is -0.117. The molecule has 1 atom stereocenters. The summed E-state index contributed by atoms with van der Waals surface area (Å²) in [5.41, 5.74) is 6.62. The molecule has 0 aromatic rings. The van der Waals surface area contributed by atoms with Crippen molar-refractivity contribution in [1.29, 1.82) is 0 Å². The normalized spacial score (nSPS) is 18.0. The fourth-order valence-electron chi connectivity index (χ4n) is 1.05. The van der Waals surface area contributed by atoms with Crippen LogP contribution >= 0.6 is 0 Å². The van der Waals surface area contributed by atoms with E-state index < -0.39 is 0 Å². The van der Waals surface area contributed by atoms with Gasteiger partial charge in [0.2, 0.25) is 5.91 Å². The van der Waals surface area contributed by atoms with Crippen molar-refractivity contribution in [3.63, 3.8) is 0 Å². The van der Waals surface area contributed by atoms with E-state index in [9.17, 15) is 4.79 Å². The largest absolute Gasteiger partial charge is 0.349 e. The minimum Gasteiger partial charge on any atom is -0.349 e. The summed E-state index contributed by atoms with van der Waals surface area (Å²) in [4.78, 5) is 11.2. The average molecular weight is 168 g/mol. The monoisotopic (exact) mass is 168 g/mol. The smallest absolute Gasteiger partial charge is 0.244 e. The molecule has 68 valence electrons. The Morgan fingerprint density at radius 1 is 1.75 bits per heavy atom. The van der Waals surface area contributed by atoms with Gasteiger partial charge in [-0.2, -0.15) is 0 Å². The Kier molecular flexibility index (Phi) is 3.29. The maximum atomic E-state index is 11.2. The number of rotatable bonds is 3. The number of amides is 1. The molecule has 1 aliphatic rings. The van der Waals surface area contributed by atoms with E-state index in [0.717, 1.165) is 12.8 Å². The van der Waals surface area contributed by atoms with Gasteiger partial charge in [0.05, 0.1) is 0 Å². The molecule has 0 spiro atoms. The SMILES string of the molecule is C[C@@H](CN)NC(=O)C=C1CCC1. The Labute approximate surface area is 73.0 Å². The van der Waals surface area contributed by atoms with Crippen molar-refractivity contribution >= 4 is 5.91 Å². The summed E-state index contributed by atoms with van der Waals surface area (Å²) in [6.45, 7) is 2.39. The third kappa shape index (κ3) is 2.66. The van der Waals surface area contributed by atoms with Crippen LogP contribution in [0, 0.1) is 0 Å². The maximum absolute atomic E-state index is 11.2. The van der Waals surface area contributed by atoms with Crippen molar-refractivity contribution in [2.24, 2.45) is 5.73 Å². The molecule has 3 nitrogen and oxygen atoms in total. The predicted molar refractivity (Wildman–Crippen MR) is 48.6 cm³/mol. The van der Waals surface area contributed by atoms with Crippen LogP contribution in [-0.2, 0) is 4.79 Å². The van der Waals surface area contributed by atoms with E-state index >= 15 is 0 Å². The highest BCUT2D eigenvalue weighted by Crippen LogP contribution is 2.24. The molecule has 1 fully saturated rings. The second-order valence-corrected chi connectivity index (χ2v) is 3.30. The first-order chi connectivity index (χ1) is 5.72. The molecule has 0 unspecified atom stereocenters. The number of nitrogens with one attached hydrogen (secondary N) is 1. The zero-order valence-electron chi connectivity index (χ0n) is 7.47. The van der Waals surface area contributed by atoms with Crippen molar-refractivity contribution in [1.82, 2.24) is 5.32 Å². The average Bonchev–Trinajstić information content (AvgIpc) is 1.97. The van der Waals surface area contributed by atoms with Crippen LogP contribution in [0.1, 0.15) is 26.2 Å². The molecule has 1 amide bonds. The lowest BCUT2D eigenvalue weighted by Crippen LogP contribution is -2.37. The number of nitrogens with two attached hydrogens (primary N) is 1. The minimum absolute atomic E-state index is 0.00245. The van der Waals surface area contributed by atoms with E-state index in [1.165, 1.54) is 12.0 Å². The Balaban J connectivity index is 2.28. The highest BCUT2D eigenvalue weighted by atomic mass is 16.1. The van der Waals surface area contributed by atoms with Crippen LogP contribution in [0.5, 0.6) is 0 Å². The van der Waals surface area contributed by atoms with E-state index in [-0.39, 0.29) is 11.9 Å². The molecule has 1 rings (SSSR count). The molecule has 12 heavy (non-hydrogen) atoms. The van der Waals surface area contributed by atoms with Gasteiger partial charge in [0, 0.05) is 18.7 Å². The zero-order chi connectivity index (χ0) is 8.97. The maximum Gasteiger partial charge on any atom is 0.244 e. The van der Waals surface area contributed by atoms with Crippen LogP contribution in [0.2, 0.25) is 0 Å². The molecular weight excluding hydrogens is 152 g/mol. The first-order valence-corrected chi connectivity index (χ1v) is 4.42. The van der Waals surface area contributed by atoms with Crippen molar-refractivity contribution < 1.29 is 4.79 Å². The number of hydrogen-bond acceptors (Lipinski definition) is 2. The van der Waals surface area contributed by atoms with Gasteiger partial charge in [0.15, 0.2) is 0 Å². The zero-order valence-corrected chi connectivity index (χ0v) is 7.47. The second kappa shape index (κ2) is 4.26. The summed E-state index contributed by atoms with van der Waals surface area (Å²) < 4.78 is 0. The fraction of sp³-hybridized carbons (Fsp3) is 0.667. The molecule has 0 aromatic heterocycles. The van der Waals surface area contributed by atoms with Crippen LogP contribution in [0.25, 0.3) is 0 Å². The van der Waals surface area contributed by atoms with Gasteiger partial charge in [-0.1, -0.05) is 5.57 Å².